The zero-order chi connectivity index (χ0) is 22.5. The highest BCUT2D eigenvalue weighted by Crippen LogP contribution is 2.38. The minimum Gasteiger partial charge on any atom is -0.368 e. The average Bonchev–Trinajstić information content (AvgIpc) is 3.42. The summed E-state index contributed by atoms with van der Waals surface area (Å²) < 4.78 is 13.4. The lowest BCUT2D eigenvalue weighted by Gasteiger charge is -2.34. The molecule has 8 heteroatoms. The van der Waals surface area contributed by atoms with Crippen LogP contribution >= 0.6 is 11.8 Å². The van der Waals surface area contributed by atoms with Crippen LogP contribution in [0.1, 0.15) is 65.2 Å². The van der Waals surface area contributed by atoms with E-state index in [1.165, 1.54) is 11.3 Å². The summed E-state index contributed by atoms with van der Waals surface area (Å²) in [6.45, 7) is 4.81. The fourth-order valence-electron chi connectivity index (χ4n) is 4.39. The fourth-order valence-corrected chi connectivity index (χ4v) is 5.45. The summed E-state index contributed by atoms with van der Waals surface area (Å²) in [6, 6.07) is 0. The first-order valence-electron chi connectivity index (χ1n) is 11.7. The largest absolute Gasteiger partial charge is 0.368 e. The Morgan fingerprint density at radius 1 is 1.25 bits per heavy atom. The fraction of sp³-hybridized carbons (Fsp3) is 0.583. The number of nitrogens with zero attached hydrogens (tertiary/aromatic N) is 4. The van der Waals surface area contributed by atoms with E-state index in [1.807, 2.05) is 6.08 Å². The highest BCUT2D eigenvalue weighted by Gasteiger charge is 2.36. The molecule has 2 atom stereocenters. The van der Waals surface area contributed by atoms with Crippen LogP contribution < -0.4 is 0 Å². The van der Waals surface area contributed by atoms with E-state index in [-0.39, 0.29) is 12.1 Å². The second kappa shape index (κ2) is 10.7. The highest BCUT2D eigenvalue weighted by molar-refractivity contribution is 8.13. The number of halogens is 1. The lowest BCUT2D eigenvalue weighted by molar-refractivity contribution is 0.0212. The summed E-state index contributed by atoms with van der Waals surface area (Å²) in [5.74, 6) is 1.53. The van der Waals surface area contributed by atoms with Crippen LogP contribution in [0.5, 0.6) is 0 Å². The van der Waals surface area contributed by atoms with E-state index in [1.54, 1.807) is 17.8 Å². The van der Waals surface area contributed by atoms with Crippen LogP contribution in [0.3, 0.4) is 0 Å². The maximum absolute atomic E-state index is 13.4. The first-order valence-corrected chi connectivity index (χ1v) is 12.7. The van der Waals surface area contributed by atoms with Crippen LogP contribution in [0.2, 0.25) is 0 Å². The van der Waals surface area contributed by atoms with Crippen molar-refractivity contribution in [2.45, 2.75) is 77.7 Å². The zero-order valence-corrected chi connectivity index (χ0v) is 19.8. The smallest absolute Gasteiger partial charge is 0.204 e. The van der Waals surface area contributed by atoms with Crippen LogP contribution in [0.4, 0.5) is 4.39 Å². The molecule has 0 radical (unpaired) electrons. The summed E-state index contributed by atoms with van der Waals surface area (Å²) in [7, 11) is 0. The van der Waals surface area contributed by atoms with Crippen molar-refractivity contribution in [3.05, 3.63) is 47.1 Å². The number of allylic oxidation sites excluding steroid dienone is 5. The van der Waals surface area contributed by atoms with Gasteiger partial charge >= 0.3 is 0 Å². The van der Waals surface area contributed by atoms with Gasteiger partial charge in [0.25, 0.3) is 0 Å². The molecule has 2 unspecified atom stereocenters. The number of rotatable bonds is 8. The van der Waals surface area contributed by atoms with E-state index in [2.05, 4.69) is 46.1 Å². The maximum Gasteiger partial charge on any atom is 0.204 e. The molecule has 0 fully saturated rings. The third-order valence-corrected chi connectivity index (χ3v) is 7.23. The molecule has 1 N–H and O–H groups in total. The SMILES string of the molecule is CCC=CN1C(CN2C(SCC3=CC=C(F)CC3)=NC(O)C3=C2CCC3)=NOC1CCC. The monoisotopic (exact) mass is 460 g/mol. The molecule has 2 aliphatic heterocycles. The Balaban J connectivity index is 1.53. The molecule has 4 rings (SSSR count). The Morgan fingerprint density at radius 2 is 2.12 bits per heavy atom. The van der Waals surface area contributed by atoms with Crippen molar-refractivity contribution in [1.82, 2.24) is 9.80 Å². The van der Waals surface area contributed by atoms with Crippen molar-refractivity contribution in [1.29, 1.82) is 0 Å². The van der Waals surface area contributed by atoms with Gasteiger partial charge in [-0.25, -0.2) is 9.38 Å². The molecule has 0 bridgehead atoms. The summed E-state index contributed by atoms with van der Waals surface area (Å²) in [5, 5.41) is 15.9. The molecule has 4 aliphatic rings. The average molecular weight is 461 g/mol. The van der Waals surface area contributed by atoms with Crippen molar-refractivity contribution in [2.75, 3.05) is 12.3 Å². The lowest BCUT2D eigenvalue weighted by atomic mass is 10.1. The number of hydrogen-bond donors (Lipinski definition) is 1. The molecule has 2 heterocycles. The standard InChI is InChI=1S/C24H33FN4O2S/c1-3-5-14-28-21(27-31-22(28)7-4-2)15-29-20-9-6-8-19(20)23(30)26-24(29)32-16-17-10-12-18(25)13-11-17/h5,10,12,14,22-23,30H,3-4,6-9,11,13,15-16H2,1-2H3. The van der Waals surface area contributed by atoms with Crippen molar-refractivity contribution in [2.24, 2.45) is 10.1 Å². The molecule has 32 heavy (non-hydrogen) atoms. The van der Waals surface area contributed by atoms with Crippen LogP contribution in [-0.2, 0) is 4.84 Å². The number of thioether (sulfide) groups is 1. The second-order valence-corrected chi connectivity index (χ2v) is 9.42. The van der Waals surface area contributed by atoms with Gasteiger partial charge in [0.2, 0.25) is 6.23 Å². The highest BCUT2D eigenvalue weighted by atomic mass is 32.2. The first kappa shape index (κ1) is 23.1. The number of hydrogen-bond acceptors (Lipinski definition) is 7. The van der Waals surface area contributed by atoms with Crippen LogP contribution in [0.15, 0.2) is 57.2 Å². The van der Waals surface area contributed by atoms with E-state index < -0.39 is 6.23 Å². The van der Waals surface area contributed by atoms with Gasteiger partial charge in [-0.05, 0) is 43.8 Å². The third-order valence-electron chi connectivity index (χ3n) is 6.13. The van der Waals surface area contributed by atoms with E-state index in [0.717, 1.165) is 67.3 Å². The predicted molar refractivity (Wildman–Crippen MR) is 128 cm³/mol. The van der Waals surface area contributed by atoms with Gasteiger partial charge in [-0.15, -0.1) is 0 Å². The van der Waals surface area contributed by atoms with Gasteiger partial charge < -0.3 is 14.8 Å². The Morgan fingerprint density at radius 3 is 2.88 bits per heavy atom. The number of aliphatic hydroxyl groups excluding tert-OH is 1. The van der Waals surface area contributed by atoms with Crippen molar-refractivity contribution in [3.63, 3.8) is 0 Å². The minimum atomic E-state index is -0.769. The quantitative estimate of drug-likeness (QED) is 0.524. The number of amidine groups is 2. The lowest BCUT2D eigenvalue weighted by Crippen LogP contribution is -2.43. The molecule has 0 saturated carbocycles. The Labute approximate surface area is 194 Å². The molecular weight excluding hydrogens is 427 g/mol. The van der Waals surface area contributed by atoms with Gasteiger partial charge in [-0.3, -0.25) is 4.90 Å². The first-order chi connectivity index (χ1) is 15.6. The van der Waals surface area contributed by atoms with Crippen LogP contribution in [0, 0.1) is 0 Å². The van der Waals surface area contributed by atoms with Gasteiger partial charge in [0.15, 0.2) is 17.2 Å². The molecule has 0 amide bonds. The van der Waals surface area contributed by atoms with E-state index in [9.17, 15) is 9.50 Å². The van der Waals surface area contributed by atoms with Gasteiger partial charge in [0.1, 0.15) is 5.83 Å². The molecule has 0 saturated heterocycles. The Bertz CT molecular complexity index is 892. The van der Waals surface area contributed by atoms with Crippen molar-refractivity contribution in [3.8, 4) is 0 Å². The molecule has 2 aliphatic carbocycles. The molecule has 0 aromatic rings. The van der Waals surface area contributed by atoms with Gasteiger partial charge in [0, 0.05) is 30.5 Å². The molecule has 0 aromatic heterocycles. The summed E-state index contributed by atoms with van der Waals surface area (Å²) in [6.07, 6.45) is 13.7. The molecule has 174 valence electrons. The van der Waals surface area contributed by atoms with E-state index in [4.69, 9.17) is 4.84 Å². The number of aliphatic hydroxyl groups is 1. The predicted octanol–water partition coefficient (Wildman–Crippen LogP) is 5.42. The summed E-state index contributed by atoms with van der Waals surface area (Å²) in [5.41, 5.74) is 3.38. The molecule has 0 spiro atoms. The van der Waals surface area contributed by atoms with Gasteiger partial charge in [-0.2, -0.15) is 0 Å². The zero-order valence-electron chi connectivity index (χ0n) is 19.0. The minimum absolute atomic E-state index is 0.0623. The van der Waals surface area contributed by atoms with Crippen LogP contribution in [0.25, 0.3) is 0 Å². The van der Waals surface area contributed by atoms with Crippen molar-refractivity contribution < 1.29 is 14.3 Å². The van der Waals surface area contributed by atoms with E-state index in [0.29, 0.717) is 13.0 Å². The number of aliphatic imine (C=N–C) groups is 1. The summed E-state index contributed by atoms with van der Waals surface area (Å²) in [4.78, 5) is 14.8. The van der Waals surface area contributed by atoms with Crippen molar-refractivity contribution >= 4 is 22.8 Å². The second-order valence-electron chi connectivity index (χ2n) is 8.48. The molecule has 0 aromatic carbocycles. The Kier molecular flexibility index (Phi) is 7.73. The topological polar surface area (TPSA) is 60.7 Å². The third kappa shape index (κ3) is 5.12. The Hall–Kier alpha value is -2.06. The van der Waals surface area contributed by atoms with E-state index >= 15 is 0 Å². The number of oxime groups is 1. The summed E-state index contributed by atoms with van der Waals surface area (Å²) >= 11 is 1.61. The van der Waals surface area contributed by atoms with Gasteiger partial charge in [0.05, 0.1) is 6.54 Å². The molecule has 6 nitrogen and oxygen atoms in total. The maximum atomic E-state index is 13.4. The molecular formula is C24H33FN4O2S. The van der Waals surface area contributed by atoms with Crippen LogP contribution in [-0.4, -0.2) is 50.7 Å². The normalized spacial score (nSPS) is 25.6. The van der Waals surface area contributed by atoms with Gasteiger partial charge in [-0.1, -0.05) is 54.9 Å².